The molecule has 5 heteroatoms. The summed E-state index contributed by atoms with van der Waals surface area (Å²) in [7, 11) is 1.51. The van der Waals surface area contributed by atoms with E-state index in [1.54, 1.807) is 0 Å². The highest BCUT2D eigenvalue weighted by molar-refractivity contribution is 5.68. The van der Waals surface area contributed by atoms with Crippen molar-refractivity contribution in [1.82, 2.24) is 5.32 Å². The van der Waals surface area contributed by atoms with Gasteiger partial charge in [-0.3, -0.25) is 0 Å². The lowest BCUT2D eigenvalue weighted by atomic mass is 10.2. The van der Waals surface area contributed by atoms with E-state index in [9.17, 15) is 9.59 Å². The molecule has 98 valence electrons. The van der Waals surface area contributed by atoms with Crippen molar-refractivity contribution in [2.45, 2.75) is 19.1 Å². The van der Waals surface area contributed by atoms with E-state index in [2.05, 4.69) is 5.32 Å². The van der Waals surface area contributed by atoms with Crippen LogP contribution in [-0.4, -0.2) is 32.1 Å². The van der Waals surface area contributed by atoms with Crippen molar-refractivity contribution in [3.05, 3.63) is 35.9 Å². The Morgan fingerprint density at radius 3 is 2.72 bits per heavy atom. The molecule has 0 bridgehead atoms. The van der Waals surface area contributed by atoms with E-state index < -0.39 is 6.09 Å². The summed E-state index contributed by atoms with van der Waals surface area (Å²) < 4.78 is 9.92. The Morgan fingerprint density at radius 1 is 1.39 bits per heavy atom. The van der Waals surface area contributed by atoms with E-state index in [1.165, 1.54) is 7.11 Å². The first kappa shape index (κ1) is 14.2. The number of ether oxygens (including phenoxy) is 2. The van der Waals surface area contributed by atoms with E-state index in [0.29, 0.717) is 0 Å². The van der Waals surface area contributed by atoms with Gasteiger partial charge < -0.3 is 19.6 Å². The molecule has 0 aliphatic carbocycles. The molecule has 0 aromatic heterocycles. The van der Waals surface area contributed by atoms with Gasteiger partial charge in [0.2, 0.25) is 0 Å². The van der Waals surface area contributed by atoms with Gasteiger partial charge in [-0.2, -0.15) is 0 Å². The smallest absolute Gasteiger partial charge is 0.407 e. The molecule has 1 atom stereocenters. The van der Waals surface area contributed by atoms with Crippen molar-refractivity contribution in [3.63, 3.8) is 0 Å². The lowest BCUT2D eigenvalue weighted by Crippen LogP contribution is -2.38. The zero-order valence-corrected chi connectivity index (χ0v) is 10.3. The average molecular weight is 251 g/mol. The summed E-state index contributed by atoms with van der Waals surface area (Å²) in [4.78, 5) is 21.9. The molecule has 0 heterocycles. The highest BCUT2D eigenvalue weighted by Gasteiger charge is 2.12. The number of hydrogen-bond acceptors (Lipinski definition) is 4. The van der Waals surface area contributed by atoms with Gasteiger partial charge in [0.25, 0.3) is 0 Å². The molecule has 1 unspecified atom stereocenters. The Morgan fingerprint density at radius 2 is 2.11 bits per heavy atom. The van der Waals surface area contributed by atoms with Gasteiger partial charge in [0.1, 0.15) is 12.9 Å². The molecule has 1 rings (SSSR count). The third kappa shape index (κ3) is 5.45. The molecule has 5 nitrogen and oxygen atoms in total. The molecule has 18 heavy (non-hydrogen) atoms. The van der Waals surface area contributed by atoms with Crippen LogP contribution in [0.3, 0.4) is 0 Å². The van der Waals surface area contributed by atoms with E-state index in [-0.39, 0.29) is 25.7 Å². The number of hydrogen-bond donors (Lipinski definition) is 1. The van der Waals surface area contributed by atoms with Gasteiger partial charge >= 0.3 is 6.09 Å². The third-order valence-electron chi connectivity index (χ3n) is 2.28. The van der Waals surface area contributed by atoms with Gasteiger partial charge in [0, 0.05) is 13.5 Å². The maximum atomic E-state index is 11.5. The molecule has 0 radical (unpaired) electrons. The normalized spacial score (nSPS) is 11.6. The molecule has 0 aliphatic rings. The fraction of sp³-hybridized carbons (Fsp3) is 0.385. The Labute approximate surface area is 106 Å². The van der Waals surface area contributed by atoms with E-state index in [4.69, 9.17) is 9.47 Å². The number of carbonyl (C=O) groups excluding carboxylic acids is 2. The van der Waals surface area contributed by atoms with Gasteiger partial charge in [-0.1, -0.05) is 30.3 Å². The van der Waals surface area contributed by atoms with Crippen LogP contribution in [0, 0.1) is 0 Å². The second-order valence-corrected chi connectivity index (χ2v) is 3.76. The maximum Gasteiger partial charge on any atom is 0.407 e. The quantitative estimate of drug-likeness (QED) is 0.746. The van der Waals surface area contributed by atoms with E-state index >= 15 is 0 Å². The molecular formula is C13H17NO4. The number of alkyl carbamates (subject to hydrolysis) is 1. The predicted molar refractivity (Wildman–Crippen MR) is 66.1 cm³/mol. The standard InChI is InChI=1S/C13H17NO4/c1-17-10-12(7-8-15)14-13(16)18-9-11-5-3-2-4-6-11/h2-6,8,12H,7,9-10H2,1H3,(H,14,16). The zero-order valence-electron chi connectivity index (χ0n) is 10.3. The first-order chi connectivity index (χ1) is 8.76. The van der Waals surface area contributed by atoms with Gasteiger partial charge in [-0.15, -0.1) is 0 Å². The number of aldehydes is 1. The number of amides is 1. The SMILES string of the molecule is COCC(CC=O)NC(=O)OCc1ccccc1. The minimum Gasteiger partial charge on any atom is -0.445 e. The highest BCUT2D eigenvalue weighted by Crippen LogP contribution is 2.01. The van der Waals surface area contributed by atoms with Crippen molar-refractivity contribution in [3.8, 4) is 0 Å². The third-order valence-corrected chi connectivity index (χ3v) is 2.28. The maximum absolute atomic E-state index is 11.5. The van der Waals surface area contributed by atoms with Crippen LogP contribution in [-0.2, 0) is 20.9 Å². The molecule has 1 N–H and O–H groups in total. The minimum atomic E-state index is -0.553. The lowest BCUT2D eigenvalue weighted by molar-refractivity contribution is -0.108. The summed E-state index contributed by atoms with van der Waals surface area (Å²) in [6.07, 6.45) is 0.387. The zero-order chi connectivity index (χ0) is 13.2. The second-order valence-electron chi connectivity index (χ2n) is 3.76. The fourth-order valence-corrected chi connectivity index (χ4v) is 1.42. The largest absolute Gasteiger partial charge is 0.445 e. The van der Waals surface area contributed by atoms with E-state index in [1.807, 2.05) is 30.3 Å². The monoisotopic (exact) mass is 251 g/mol. The summed E-state index contributed by atoms with van der Waals surface area (Å²) in [5.74, 6) is 0. The number of methoxy groups -OCH3 is 1. The number of nitrogens with one attached hydrogen (secondary N) is 1. The summed E-state index contributed by atoms with van der Waals surface area (Å²) in [6.45, 7) is 0.479. The topological polar surface area (TPSA) is 64.6 Å². The molecular weight excluding hydrogens is 234 g/mol. The second kappa shape index (κ2) is 8.25. The summed E-state index contributed by atoms with van der Waals surface area (Å²) >= 11 is 0. The lowest BCUT2D eigenvalue weighted by Gasteiger charge is -2.15. The van der Waals surface area contributed by atoms with Crippen molar-refractivity contribution in [2.24, 2.45) is 0 Å². The molecule has 0 spiro atoms. The van der Waals surface area contributed by atoms with Crippen molar-refractivity contribution >= 4 is 12.4 Å². The van der Waals surface area contributed by atoms with Crippen molar-refractivity contribution in [1.29, 1.82) is 0 Å². The molecule has 1 amide bonds. The van der Waals surface area contributed by atoms with Crippen LogP contribution < -0.4 is 5.32 Å². The molecule has 1 aromatic rings. The van der Waals surface area contributed by atoms with Crippen LogP contribution in [0.5, 0.6) is 0 Å². The van der Waals surface area contributed by atoms with Gasteiger partial charge in [-0.05, 0) is 5.56 Å². The summed E-state index contributed by atoms with van der Waals surface area (Å²) in [5, 5.41) is 2.57. The number of benzene rings is 1. The number of carbonyl (C=O) groups is 2. The highest BCUT2D eigenvalue weighted by atomic mass is 16.5. The number of rotatable bonds is 7. The first-order valence-corrected chi connectivity index (χ1v) is 5.66. The Hall–Kier alpha value is -1.88. The molecule has 0 aliphatic heterocycles. The Kier molecular flexibility index (Phi) is 6.50. The minimum absolute atomic E-state index is 0.202. The fourth-order valence-electron chi connectivity index (χ4n) is 1.42. The van der Waals surface area contributed by atoms with Gasteiger partial charge in [-0.25, -0.2) is 4.79 Å². The van der Waals surface area contributed by atoms with Crippen molar-refractivity contribution < 1.29 is 19.1 Å². The summed E-state index contributed by atoms with van der Waals surface area (Å²) in [5.41, 5.74) is 0.909. The van der Waals surface area contributed by atoms with Crippen LogP contribution >= 0.6 is 0 Å². The Bertz CT molecular complexity index is 367. The Balaban J connectivity index is 2.33. The molecule has 0 saturated carbocycles. The molecule has 0 saturated heterocycles. The summed E-state index contributed by atoms with van der Waals surface area (Å²) in [6, 6.07) is 9.02. The van der Waals surface area contributed by atoms with Crippen LogP contribution in [0.1, 0.15) is 12.0 Å². The van der Waals surface area contributed by atoms with Gasteiger partial charge in [0.05, 0.1) is 12.6 Å². The molecule has 1 aromatic carbocycles. The van der Waals surface area contributed by atoms with Crippen molar-refractivity contribution in [2.75, 3.05) is 13.7 Å². The predicted octanol–water partition coefficient (Wildman–Crippen LogP) is 1.52. The molecule has 0 fully saturated rings. The van der Waals surface area contributed by atoms with Gasteiger partial charge in [0.15, 0.2) is 0 Å². The van der Waals surface area contributed by atoms with Crippen LogP contribution in [0.2, 0.25) is 0 Å². The van der Waals surface area contributed by atoms with E-state index in [0.717, 1.165) is 11.8 Å². The van der Waals surface area contributed by atoms with Crippen LogP contribution in [0.4, 0.5) is 4.79 Å². The first-order valence-electron chi connectivity index (χ1n) is 5.66. The average Bonchev–Trinajstić information content (AvgIpc) is 2.38. The van der Waals surface area contributed by atoms with Crippen LogP contribution in [0.25, 0.3) is 0 Å². The van der Waals surface area contributed by atoms with Crippen LogP contribution in [0.15, 0.2) is 30.3 Å².